The molecule has 4 nitrogen and oxygen atoms in total. The average molecular weight is 312 g/mol. The van der Waals surface area contributed by atoms with E-state index in [4.69, 9.17) is 5.11 Å². The van der Waals surface area contributed by atoms with Crippen LogP contribution in [-0.4, -0.2) is 26.4 Å². The number of nitrogens with zero attached hydrogens (tertiary/aromatic N) is 2. The predicted molar refractivity (Wildman–Crippen MR) is 88.1 cm³/mol. The van der Waals surface area contributed by atoms with Crippen LogP contribution in [0.1, 0.15) is 66.5 Å². The van der Waals surface area contributed by atoms with Crippen molar-refractivity contribution in [1.82, 2.24) is 9.55 Å². The van der Waals surface area contributed by atoms with Gasteiger partial charge in [-0.1, -0.05) is 53.3 Å². The van der Waals surface area contributed by atoms with Gasteiger partial charge in [-0.25, -0.2) is 4.98 Å². The van der Waals surface area contributed by atoms with E-state index < -0.39 is 5.97 Å². The van der Waals surface area contributed by atoms with Crippen molar-refractivity contribution in [3.8, 4) is 0 Å². The summed E-state index contributed by atoms with van der Waals surface area (Å²) < 4.78 is 2.31. The lowest BCUT2D eigenvalue weighted by Crippen LogP contribution is -2.36. The average Bonchev–Trinajstić information content (AvgIpc) is 2.84. The van der Waals surface area contributed by atoms with Crippen LogP contribution in [0.15, 0.2) is 11.4 Å². The van der Waals surface area contributed by atoms with Crippen molar-refractivity contribution in [2.45, 2.75) is 76.9 Å². The molecule has 1 aromatic heterocycles. The quantitative estimate of drug-likeness (QED) is 0.763. The fraction of sp³-hybridized carbons (Fsp3) is 0.750. The first-order chi connectivity index (χ1) is 9.71. The van der Waals surface area contributed by atoms with Crippen molar-refractivity contribution in [1.29, 1.82) is 0 Å². The van der Waals surface area contributed by atoms with Gasteiger partial charge >= 0.3 is 5.97 Å². The summed E-state index contributed by atoms with van der Waals surface area (Å²) in [4.78, 5) is 15.4. The minimum atomic E-state index is -0.804. The van der Waals surface area contributed by atoms with E-state index >= 15 is 0 Å². The van der Waals surface area contributed by atoms with E-state index in [1.165, 1.54) is 17.5 Å². The van der Waals surface area contributed by atoms with Crippen LogP contribution in [-0.2, 0) is 15.7 Å². The SMILES string of the molecule is CCC(CC)(CC)n1c(C(C)(C)C)cnc1SCC(=O)O. The van der Waals surface area contributed by atoms with Crippen molar-refractivity contribution >= 4 is 17.7 Å². The minimum Gasteiger partial charge on any atom is -0.481 e. The summed E-state index contributed by atoms with van der Waals surface area (Å²) in [5, 5.41) is 9.78. The molecular weight excluding hydrogens is 284 g/mol. The third-order valence-electron chi connectivity index (χ3n) is 4.27. The summed E-state index contributed by atoms with van der Waals surface area (Å²) >= 11 is 1.32. The normalized spacial score (nSPS) is 12.7. The van der Waals surface area contributed by atoms with Gasteiger partial charge in [0.25, 0.3) is 0 Å². The number of thioether (sulfide) groups is 1. The van der Waals surface area contributed by atoms with Crippen LogP contribution >= 0.6 is 11.8 Å². The lowest BCUT2D eigenvalue weighted by atomic mass is 9.86. The molecule has 0 atom stereocenters. The van der Waals surface area contributed by atoms with Crippen molar-refractivity contribution in [3.05, 3.63) is 11.9 Å². The number of aromatic nitrogens is 2. The summed E-state index contributed by atoms with van der Waals surface area (Å²) in [6.45, 7) is 13.1. The maximum absolute atomic E-state index is 10.9. The Balaban J connectivity index is 3.41. The Hall–Kier alpha value is -0.970. The van der Waals surface area contributed by atoms with Crippen molar-refractivity contribution in [2.24, 2.45) is 0 Å². The summed E-state index contributed by atoms with van der Waals surface area (Å²) in [6.07, 6.45) is 4.96. The Labute approximate surface area is 132 Å². The Morgan fingerprint density at radius 1 is 1.24 bits per heavy atom. The van der Waals surface area contributed by atoms with E-state index in [2.05, 4.69) is 51.1 Å². The van der Waals surface area contributed by atoms with Crippen molar-refractivity contribution in [3.63, 3.8) is 0 Å². The van der Waals surface area contributed by atoms with Crippen molar-refractivity contribution < 1.29 is 9.90 Å². The molecule has 0 saturated heterocycles. The molecule has 1 rings (SSSR count). The first-order valence-corrected chi connectivity index (χ1v) is 8.63. The zero-order valence-corrected chi connectivity index (χ0v) is 14.9. The monoisotopic (exact) mass is 312 g/mol. The number of imidazole rings is 1. The highest BCUT2D eigenvalue weighted by Crippen LogP contribution is 2.38. The van der Waals surface area contributed by atoms with Gasteiger partial charge in [0, 0.05) is 22.8 Å². The van der Waals surface area contributed by atoms with Gasteiger partial charge in [-0.3, -0.25) is 4.79 Å². The van der Waals surface area contributed by atoms with Crippen LogP contribution in [0.4, 0.5) is 0 Å². The second-order valence-electron chi connectivity index (χ2n) is 6.48. The number of aliphatic carboxylic acids is 1. The highest BCUT2D eigenvalue weighted by molar-refractivity contribution is 7.99. The molecule has 1 heterocycles. The molecular formula is C16H28N2O2S. The van der Waals surface area contributed by atoms with Crippen molar-refractivity contribution in [2.75, 3.05) is 5.75 Å². The van der Waals surface area contributed by atoms with Gasteiger partial charge in [0.15, 0.2) is 5.16 Å². The van der Waals surface area contributed by atoms with E-state index in [1.807, 2.05) is 6.20 Å². The largest absolute Gasteiger partial charge is 0.481 e. The number of carboxylic acids is 1. The first-order valence-electron chi connectivity index (χ1n) is 7.65. The van der Waals surface area contributed by atoms with Gasteiger partial charge in [0.1, 0.15) is 0 Å². The number of rotatable bonds is 7. The highest BCUT2D eigenvalue weighted by atomic mass is 32.2. The number of hydrogen-bond donors (Lipinski definition) is 1. The maximum Gasteiger partial charge on any atom is 0.313 e. The Bertz CT molecular complexity index is 477. The Morgan fingerprint density at radius 3 is 2.14 bits per heavy atom. The highest BCUT2D eigenvalue weighted by Gasteiger charge is 2.34. The smallest absolute Gasteiger partial charge is 0.313 e. The standard InChI is InChI=1S/C16H28N2O2S/c1-7-16(8-2,9-3)18-12(15(4,5)6)10-17-14(18)21-11-13(19)20/h10H,7-9,11H2,1-6H3,(H,19,20). The topological polar surface area (TPSA) is 55.1 Å². The van der Waals surface area contributed by atoms with E-state index in [1.54, 1.807) is 0 Å². The second kappa shape index (κ2) is 6.86. The van der Waals surface area contributed by atoms with Gasteiger partial charge < -0.3 is 9.67 Å². The number of carbonyl (C=O) groups is 1. The van der Waals surface area contributed by atoms with Gasteiger partial charge in [-0.15, -0.1) is 0 Å². The molecule has 5 heteroatoms. The lowest BCUT2D eigenvalue weighted by Gasteiger charge is -2.38. The van der Waals surface area contributed by atoms with Crippen LogP contribution in [0, 0.1) is 0 Å². The molecule has 0 aromatic carbocycles. The Kier molecular flexibility index (Phi) is 5.91. The van der Waals surface area contributed by atoms with E-state index in [0.717, 1.165) is 24.4 Å². The molecule has 0 spiro atoms. The predicted octanol–water partition coefficient (Wildman–Crippen LogP) is 4.28. The third kappa shape index (κ3) is 3.82. The molecule has 0 fully saturated rings. The van der Waals surface area contributed by atoms with Gasteiger partial charge in [0.2, 0.25) is 0 Å². The zero-order chi connectivity index (χ0) is 16.3. The molecule has 21 heavy (non-hydrogen) atoms. The van der Waals surface area contributed by atoms with E-state index in [9.17, 15) is 4.79 Å². The molecule has 0 unspecified atom stereocenters. The first kappa shape index (κ1) is 18.1. The van der Waals surface area contributed by atoms with Crippen LogP contribution in [0.5, 0.6) is 0 Å². The van der Waals surface area contributed by atoms with E-state index in [0.29, 0.717) is 0 Å². The third-order valence-corrected chi connectivity index (χ3v) is 5.21. The van der Waals surface area contributed by atoms with Crippen LogP contribution in [0.25, 0.3) is 0 Å². The molecule has 1 N–H and O–H groups in total. The summed E-state index contributed by atoms with van der Waals surface area (Å²) in [7, 11) is 0. The Morgan fingerprint density at radius 2 is 1.76 bits per heavy atom. The van der Waals surface area contributed by atoms with E-state index in [-0.39, 0.29) is 16.7 Å². The molecule has 0 amide bonds. The molecule has 120 valence electrons. The summed E-state index contributed by atoms with van der Waals surface area (Å²) in [6, 6.07) is 0. The summed E-state index contributed by atoms with van der Waals surface area (Å²) in [5.41, 5.74) is 1.18. The molecule has 0 bridgehead atoms. The molecule has 1 aromatic rings. The zero-order valence-electron chi connectivity index (χ0n) is 14.1. The molecule has 0 radical (unpaired) electrons. The second-order valence-corrected chi connectivity index (χ2v) is 7.42. The fourth-order valence-corrected chi connectivity index (χ4v) is 3.58. The number of carboxylic acid groups (broad SMARTS) is 1. The molecule has 0 aliphatic heterocycles. The fourth-order valence-electron chi connectivity index (χ4n) is 2.77. The summed E-state index contributed by atoms with van der Waals surface area (Å²) in [5.74, 6) is -0.754. The van der Waals surface area contributed by atoms with Crippen LogP contribution in [0.3, 0.4) is 0 Å². The lowest BCUT2D eigenvalue weighted by molar-refractivity contribution is -0.133. The maximum atomic E-state index is 10.9. The van der Waals surface area contributed by atoms with Gasteiger partial charge in [-0.05, 0) is 19.3 Å². The molecule has 0 aliphatic rings. The van der Waals surface area contributed by atoms with Gasteiger partial charge in [-0.2, -0.15) is 0 Å². The van der Waals surface area contributed by atoms with Crippen LogP contribution in [0.2, 0.25) is 0 Å². The molecule has 0 saturated carbocycles. The molecule has 0 aliphatic carbocycles. The minimum absolute atomic E-state index is 0.0138. The van der Waals surface area contributed by atoms with Gasteiger partial charge in [0.05, 0.1) is 5.75 Å². The van der Waals surface area contributed by atoms with Crippen LogP contribution < -0.4 is 0 Å². The number of hydrogen-bond acceptors (Lipinski definition) is 3.